The Hall–Kier alpha value is -0.540. The van der Waals surface area contributed by atoms with E-state index < -0.39 is 5.60 Å². The zero-order chi connectivity index (χ0) is 12.2. The van der Waals surface area contributed by atoms with Crippen LogP contribution >= 0.6 is 15.9 Å². The van der Waals surface area contributed by atoms with Crippen molar-refractivity contribution in [2.24, 2.45) is 0 Å². The molecule has 16 heavy (non-hydrogen) atoms. The third-order valence-electron chi connectivity index (χ3n) is 2.47. The summed E-state index contributed by atoms with van der Waals surface area (Å²) in [6.07, 6.45) is 2.78. The summed E-state index contributed by atoms with van der Waals surface area (Å²) in [5.74, 6) is 0.853. The molecule has 0 atom stereocenters. The molecule has 0 fully saturated rings. The van der Waals surface area contributed by atoms with Crippen molar-refractivity contribution in [1.82, 2.24) is 0 Å². The molecule has 1 aromatic rings. The van der Waals surface area contributed by atoms with Gasteiger partial charge < -0.3 is 9.84 Å². The summed E-state index contributed by atoms with van der Waals surface area (Å²) in [6.45, 7) is 3.69. The number of halogens is 1. The lowest BCUT2D eigenvalue weighted by atomic mass is 9.99. The normalized spacial score (nSPS) is 11.6. The van der Waals surface area contributed by atoms with E-state index >= 15 is 0 Å². The molecule has 0 amide bonds. The van der Waals surface area contributed by atoms with Gasteiger partial charge in [-0.25, -0.2) is 0 Å². The lowest BCUT2D eigenvalue weighted by Gasteiger charge is -2.16. The molecule has 0 saturated carbocycles. The molecule has 0 bridgehead atoms. The molecule has 0 heterocycles. The highest BCUT2D eigenvalue weighted by Gasteiger charge is 2.11. The van der Waals surface area contributed by atoms with E-state index in [1.165, 1.54) is 5.56 Å². The molecule has 0 aliphatic heterocycles. The maximum atomic E-state index is 9.60. The first-order valence-electron chi connectivity index (χ1n) is 5.47. The molecule has 0 unspecified atom stereocenters. The van der Waals surface area contributed by atoms with Gasteiger partial charge in [-0.3, -0.25) is 0 Å². The number of benzene rings is 1. The van der Waals surface area contributed by atoms with Gasteiger partial charge in [-0.15, -0.1) is 0 Å². The van der Waals surface area contributed by atoms with Crippen LogP contribution in [0.15, 0.2) is 22.7 Å². The molecule has 3 heteroatoms. The lowest BCUT2D eigenvalue weighted by molar-refractivity contribution is 0.0689. The van der Waals surface area contributed by atoms with Crippen molar-refractivity contribution in [3.63, 3.8) is 0 Å². The highest BCUT2D eigenvalue weighted by Crippen LogP contribution is 2.26. The fourth-order valence-electron chi connectivity index (χ4n) is 1.59. The summed E-state index contributed by atoms with van der Waals surface area (Å²) >= 11 is 3.46. The first-order chi connectivity index (χ1) is 7.42. The van der Waals surface area contributed by atoms with Crippen LogP contribution in [0.2, 0.25) is 0 Å². The Labute approximate surface area is 106 Å². The predicted molar refractivity (Wildman–Crippen MR) is 69.9 cm³/mol. The van der Waals surface area contributed by atoms with E-state index in [-0.39, 0.29) is 0 Å². The SMILES string of the molecule is COc1ccc(CCCC(C)(C)O)cc1Br. The molecule has 1 aromatic carbocycles. The first-order valence-corrected chi connectivity index (χ1v) is 6.26. The Kier molecular flexibility index (Phi) is 4.81. The molecule has 0 radical (unpaired) electrons. The molecular formula is C13H19BrO2. The second-order valence-electron chi connectivity index (χ2n) is 4.63. The minimum absolute atomic E-state index is 0.566. The summed E-state index contributed by atoms with van der Waals surface area (Å²) in [7, 11) is 1.66. The van der Waals surface area contributed by atoms with Gasteiger partial charge in [0, 0.05) is 0 Å². The van der Waals surface area contributed by atoms with Crippen LogP contribution in [-0.4, -0.2) is 17.8 Å². The van der Waals surface area contributed by atoms with Crippen molar-refractivity contribution in [3.05, 3.63) is 28.2 Å². The Morgan fingerprint density at radius 3 is 2.56 bits per heavy atom. The first kappa shape index (κ1) is 13.5. The fraction of sp³-hybridized carbons (Fsp3) is 0.538. The molecule has 90 valence electrons. The van der Waals surface area contributed by atoms with E-state index in [1.807, 2.05) is 19.9 Å². The van der Waals surface area contributed by atoms with Gasteiger partial charge in [-0.1, -0.05) is 6.07 Å². The van der Waals surface area contributed by atoms with Crippen molar-refractivity contribution in [2.75, 3.05) is 7.11 Å². The highest BCUT2D eigenvalue weighted by atomic mass is 79.9. The zero-order valence-electron chi connectivity index (χ0n) is 10.1. The predicted octanol–water partition coefficient (Wildman–Crippen LogP) is 3.55. The second kappa shape index (κ2) is 5.69. The second-order valence-corrected chi connectivity index (χ2v) is 5.49. The summed E-state index contributed by atoms with van der Waals surface area (Å²) < 4.78 is 6.15. The zero-order valence-corrected chi connectivity index (χ0v) is 11.7. The van der Waals surface area contributed by atoms with Crippen molar-refractivity contribution in [1.29, 1.82) is 0 Å². The topological polar surface area (TPSA) is 29.5 Å². The van der Waals surface area contributed by atoms with Gasteiger partial charge in [0.15, 0.2) is 0 Å². The molecule has 0 aliphatic carbocycles. The molecule has 1 N–H and O–H groups in total. The smallest absolute Gasteiger partial charge is 0.133 e. The van der Waals surface area contributed by atoms with E-state index in [4.69, 9.17) is 4.74 Å². The van der Waals surface area contributed by atoms with Crippen LogP contribution < -0.4 is 4.74 Å². The standard InChI is InChI=1S/C13H19BrO2/c1-13(2,15)8-4-5-10-6-7-12(16-3)11(14)9-10/h6-7,9,15H,4-5,8H2,1-3H3. The lowest BCUT2D eigenvalue weighted by Crippen LogP contribution is -2.18. The van der Waals surface area contributed by atoms with Gasteiger partial charge in [0.05, 0.1) is 17.2 Å². The van der Waals surface area contributed by atoms with Crippen LogP contribution in [0.3, 0.4) is 0 Å². The Morgan fingerprint density at radius 2 is 2.06 bits per heavy atom. The maximum Gasteiger partial charge on any atom is 0.133 e. The van der Waals surface area contributed by atoms with Crippen LogP contribution in [0.5, 0.6) is 5.75 Å². The number of hydrogen-bond donors (Lipinski definition) is 1. The Bertz CT molecular complexity index is 342. The number of aryl methyl sites for hydroxylation is 1. The molecular weight excluding hydrogens is 268 g/mol. The average molecular weight is 287 g/mol. The summed E-state index contributed by atoms with van der Waals surface area (Å²) in [5.41, 5.74) is 0.695. The van der Waals surface area contributed by atoms with Gasteiger partial charge in [0.2, 0.25) is 0 Å². The molecule has 2 nitrogen and oxygen atoms in total. The van der Waals surface area contributed by atoms with Crippen LogP contribution in [0.25, 0.3) is 0 Å². The molecule has 0 aromatic heterocycles. The Balaban J connectivity index is 2.52. The molecule has 0 saturated heterocycles. The van der Waals surface area contributed by atoms with Gasteiger partial charge in [-0.05, 0) is 66.7 Å². The summed E-state index contributed by atoms with van der Waals surface area (Å²) in [4.78, 5) is 0. The number of methoxy groups -OCH3 is 1. The minimum Gasteiger partial charge on any atom is -0.496 e. The van der Waals surface area contributed by atoms with Gasteiger partial charge in [-0.2, -0.15) is 0 Å². The third-order valence-corrected chi connectivity index (χ3v) is 3.09. The van der Waals surface area contributed by atoms with E-state index in [0.29, 0.717) is 0 Å². The molecule has 1 rings (SSSR count). The monoisotopic (exact) mass is 286 g/mol. The van der Waals surface area contributed by atoms with Crippen LogP contribution in [0.4, 0.5) is 0 Å². The number of aliphatic hydroxyl groups is 1. The van der Waals surface area contributed by atoms with Gasteiger partial charge in [0.1, 0.15) is 5.75 Å². The van der Waals surface area contributed by atoms with Crippen LogP contribution in [0, 0.1) is 0 Å². The summed E-state index contributed by atoms with van der Waals surface area (Å²) in [6, 6.07) is 6.10. The van der Waals surface area contributed by atoms with Crippen LogP contribution in [-0.2, 0) is 6.42 Å². The molecule has 0 spiro atoms. The van der Waals surface area contributed by atoms with Crippen LogP contribution in [0.1, 0.15) is 32.3 Å². The quantitative estimate of drug-likeness (QED) is 0.897. The minimum atomic E-state index is -0.566. The third kappa shape index (κ3) is 4.54. The van der Waals surface area contributed by atoms with Crippen molar-refractivity contribution in [2.45, 2.75) is 38.7 Å². The van der Waals surface area contributed by atoms with E-state index in [1.54, 1.807) is 7.11 Å². The number of ether oxygens (including phenoxy) is 1. The molecule has 0 aliphatic rings. The van der Waals surface area contributed by atoms with E-state index in [2.05, 4.69) is 28.1 Å². The van der Waals surface area contributed by atoms with E-state index in [9.17, 15) is 5.11 Å². The fourth-order valence-corrected chi connectivity index (χ4v) is 2.18. The maximum absolute atomic E-state index is 9.60. The van der Waals surface area contributed by atoms with Crippen molar-refractivity contribution < 1.29 is 9.84 Å². The highest BCUT2D eigenvalue weighted by molar-refractivity contribution is 9.10. The van der Waals surface area contributed by atoms with Crippen molar-refractivity contribution in [3.8, 4) is 5.75 Å². The van der Waals surface area contributed by atoms with E-state index in [0.717, 1.165) is 29.5 Å². The van der Waals surface area contributed by atoms with Gasteiger partial charge >= 0.3 is 0 Å². The largest absolute Gasteiger partial charge is 0.496 e. The summed E-state index contributed by atoms with van der Waals surface area (Å²) in [5, 5.41) is 9.60. The average Bonchev–Trinajstić information content (AvgIpc) is 2.16. The Morgan fingerprint density at radius 1 is 1.38 bits per heavy atom. The number of rotatable bonds is 5. The van der Waals surface area contributed by atoms with Gasteiger partial charge in [0.25, 0.3) is 0 Å². The van der Waals surface area contributed by atoms with Crippen molar-refractivity contribution >= 4 is 15.9 Å². The number of hydrogen-bond acceptors (Lipinski definition) is 2.